The van der Waals surface area contributed by atoms with Crippen LogP contribution in [0.1, 0.15) is 20.9 Å². The molecule has 0 aliphatic carbocycles. The number of sulfonamides is 1. The van der Waals surface area contributed by atoms with Crippen LogP contribution in [0.25, 0.3) is 0 Å². The van der Waals surface area contributed by atoms with Gasteiger partial charge in [0.05, 0.1) is 12.8 Å². The quantitative estimate of drug-likeness (QED) is 0.629. The van der Waals surface area contributed by atoms with Crippen molar-refractivity contribution < 1.29 is 13.2 Å². The van der Waals surface area contributed by atoms with Crippen molar-refractivity contribution in [2.45, 2.75) is 13.5 Å². The lowest BCUT2D eigenvalue weighted by molar-refractivity contribution is 0.0977. The monoisotopic (exact) mass is 435 g/mol. The van der Waals surface area contributed by atoms with Gasteiger partial charge in [-0.2, -0.15) is 0 Å². The largest absolute Gasteiger partial charge is 0.313 e. The Labute approximate surface area is 172 Å². The number of rotatable bonds is 6. The molecule has 0 spiro atoms. The predicted octanol–water partition coefficient (Wildman–Crippen LogP) is 4.13. The number of aromatic nitrogens is 1. The van der Waals surface area contributed by atoms with E-state index in [2.05, 4.69) is 4.98 Å². The SMILES string of the molecule is Cc1sc(N(Cc2ccccc2)c2cccc(Cl)c2)nc1C(=O)NS(C)(=O)=O. The van der Waals surface area contributed by atoms with E-state index in [9.17, 15) is 13.2 Å². The minimum atomic E-state index is -3.67. The lowest BCUT2D eigenvalue weighted by atomic mass is 10.2. The van der Waals surface area contributed by atoms with Crippen LogP contribution in [0.2, 0.25) is 5.02 Å². The van der Waals surface area contributed by atoms with Crippen molar-refractivity contribution in [2.75, 3.05) is 11.2 Å². The molecule has 0 saturated carbocycles. The number of nitrogens with zero attached hydrogens (tertiary/aromatic N) is 2. The molecule has 1 heterocycles. The fourth-order valence-electron chi connectivity index (χ4n) is 2.60. The van der Waals surface area contributed by atoms with Gasteiger partial charge in [-0.05, 0) is 30.7 Å². The Bertz CT molecular complexity index is 1100. The van der Waals surface area contributed by atoms with Gasteiger partial charge in [-0.1, -0.05) is 48.0 Å². The lowest BCUT2D eigenvalue weighted by Crippen LogP contribution is -2.30. The third kappa shape index (κ3) is 5.09. The number of aryl methyl sites for hydroxylation is 1. The number of hydrogen-bond donors (Lipinski definition) is 1. The number of anilines is 2. The van der Waals surface area contributed by atoms with Crippen molar-refractivity contribution in [1.29, 1.82) is 0 Å². The second-order valence-electron chi connectivity index (χ2n) is 6.16. The molecule has 0 aliphatic rings. The number of hydrogen-bond acceptors (Lipinski definition) is 6. The smallest absolute Gasteiger partial charge is 0.284 e. The highest BCUT2D eigenvalue weighted by Crippen LogP contribution is 2.34. The first kappa shape index (κ1) is 20.3. The van der Waals surface area contributed by atoms with E-state index in [4.69, 9.17) is 11.6 Å². The third-order valence-electron chi connectivity index (χ3n) is 3.81. The number of halogens is 1. The Morgan fingerprint density at radius 3 is 2.54 bits per heavy atom. The van der Waals surface area contributed by atoms with Crippen molar-refractivity contribution in [3.63, 3.8) is 0 Å². The van der Waals surface area contributed by atoms with Gasteiger partial charge >= 0.3 is 0 Å². The van der Waals surface area contributed by atoms with E-state index in [0.29, 0.717) is 21.6 Å². The molecule has 0 saturated heterocycles. The standard InChI is InChI=1S/C19H18ClN3O3S2/c1-13-17(18(24)22-28(2,25)26)21-19(27-13)23(12-14-7-4-3-5-8-14)16-10-6-9-15(20)11-16/h3-11H,12H2,1-2H3,(H,22,24). The van der Waals surface area contributed by atoms with Crippen molar-refractivity contribution in [3.05, 3.63) is 75.8 Å². The van der Waals surface area contributed by atoms with E-state index in [0.717, 1.165) is 17.5 Å². The molecule has 1 N–H and O–H groups in total. The second kappa shape index (κ2) is 8.30. The summed E-state index contributed by atoms with van der Waals surface area (Å²) in [5.41, 5.74) is 1.96. The molecule has 9 heteroatoms. The van der Waals surface area contributed by atoms with Gasteiger partial charge in [0.1, 0.15) is 5.69 Å². The van der Waals surface area contributed by atoms with E-state index in [1.54, 1.807) is 13.0 Å². The normalized spacial score (nSPS) is 11.2. The fraction of sp³-hybridized carbons (Fsp3) is 0.158. The van der Waals surface area contributed by atoms with Crippen LogP contribution in [0.3, 0.4) is 0 Å². The average Bonchev–Trinajstić information content (AvgIpc) is 3.01. The Morgan fingerprint density at radius 2 is 1.89 bits per heavy atom. The van der Waals surface area contributed by atoms with Gasteiger partial charge in [0.2, 0.25) is 10.0 Å². The van der Waals surface area contributed by atoms with Gasteiger partial charge in [0, 0.05) is 15.6 Å². The molecule has 0 fully saturated rings. The van der Waals surface area contributed by atoms with E-state index < -0.39 is 15.9 Å². The summed E-state index contributed by atoms with van der Waals surface area (Å²) in [6.07, 6.45) is 0.932. The number of benzene rings is 2. The molecule has 0 atom stereocenters. The zero-order valence-corrected chi connectivity index (χ0v) is 17.6. The van der Waals surface area contributed by atoms with Gasteiger partial charge in [-0.3, -0.25) is 4.79 Å². The highest BCUT2D eigenvalue weighted by Gasteiger charge is 2.22. The number of amides is 1. The molecule has 3 rings (SSSR count). The Morgan fingerprint density at radius 1 is 1.18 bits per heavy atom. The second-order valence-corrected chi connectivity index (χ2v) is 9.52. The highest BCUT2D eigenvalue weighted by atomic mass is 35.5. The predicted molar refractivity (Wildman–Crippen MR) is 113 cm³/mol. The molecule has 3 aromatic rings. The molecular weight excluding hydrogens is 418 g/mol. The molecule has 6 nitrogen and oxygen atoms in total. The van der Waals surface area contributed by atoms with Crippen LogP contribution in [-0.4, -0.2) is 25.6 Å². The summed E-state index contributed by atoms with van der Waals surface area (Å²) < 4.78 is 24.7. The summed E-state index contributed by atoms with van der Waals surface area (Å²) in [6, 6.07) is 17.2. The average molecular weight is 436 g/mol. The van der Waals surface area contributed by atoms with E-state index >= 15 is 0 Å². The molecule has 0 bridgehead atoms. The summed E-state index contributed by atoms with van der Waals surface area (Å²) in [6.45, 7) is 2.25. The number of carbonyl (C=O) groups excluding carboxylic acids is 1. The zero-order chi connectivity index (χ0) is 20.3. The minimum absolute atomic E-state index is 0.0884. The summed E-state index contributed by atoms with van der Waals surface area (Å²) >= 11 is 7.48. The van der Waals surface area contributed by atoms with Gasteiger partial charge in [-0.25, -0.2) is 18.1 Å². The van der Waals surface area contributed by atoms with Crippen LogP contribution in [-0.2, 0) is 16.6 Å². The molecular formula is C19H18ClN3O3S2. The maximum atomic E-state index is 12.3. The Hall–Kier alpha value is -2.42. The maximum absolute atomic E-state index is 12.3. The first-order valence-corrected chi connectivity index (χ1v) is 11.4. The van der Waals surface area contributed by atoms with Gasteiger partial charge < -0.3 is 4.90 Å². The number of nitrogens with one attached hydrogen (secondary N) is 1. The van der Waals surface area contributed by atoms with Crippen LogP contribution in [0.4, 0.5) is 10.8 Å². The third-order valence-corrected chi connectivity index (χ3v) is 5.60. The molecule has 28 heavy (non-hydrogen) atoms. The van der Waals surface area contributed by atoms with E-state index in [1.807, 2.05) is 58.2 Å². The lowest BCUT2D eigenvalue weighted by Gasteiger charge is -2.22. The van der Waals surface area contributed by atoms with Crippen molar-refractivity contribution in [3.8, 4) is 0 Å². The molecule has 0 radical (unpaired) electrons. The van der Waals surface area contributed by atoms with Crippen molar-refractivity contribution >= 4 is 49.7 Å². The van der Waals surface area contributed by atoms with Crippen molar-refractivity contribution in [1.82, 2.24) is 9.71 Å². The zero-order valence-electron chi connectivity index (χ0n) is 15.2. The fourth-order valence-corrected chi connectivity index (χ4v) is 4.15. The highest BCUT2D eigenvalue weighted by molar-refractivity contribution is 7.89. The van der Waals surface area contributed by atoms with E-state index in [1.165, 1.54) is 11.3 Å². The molecule has 0 unspecified atom stereocenters. The van der Waals surface area contributed by atoms with Gasteiger partial charge in [-0.15, -0.1) is 11.3 Å². The van der Waals surface area contributed by atoms with Crippen LogP contribution in [0, 0.1) is 6.92 Å². The van der Waals surface area contributed by atoms with Crippen LogP contribution in [0.15, 0.2) is 54.6 Å². The summed E-state index contributed by atoms with van der Waals surface area (Å²) in [5, 5.41) is 1.15. The molecule has 2 aromatic carbocycles. The first-order chi connectivity index (χ1) is 13.2. The van der Waals surface area contributed by atoms with Crippen LogP contribution < -0.4 is 9.62 Å². The Balaban J connectivity index is 2.01. The first-order valence-electron chi connectivity index (χ1n) is 8.29. The van der Waals surface area contributed by atoms with Gasteiger partial charge in [0.15, 0.2) is 5.13 Å². The Kier molecular flexibility index (Phi) is 6.02. The number of thiazole rings is 1. The minimum Gasteiger partial charge on any atom is -0.313 e. The molecule has 146 valence electrons. The van der Waals surface area contributed by atoms with E-state index in [-0.39, 0.29) is 5.69 Å². The summed E-state index contributed by atoms with van der Waals surface area (Å²) in [7, 11) is -3.67. The summed E-state index contributed by atoms with van der Waals surface area (Å²) in [4.78, 5) is 19.3. The summed E-state index contributed by atoms with van der Waals surface area (Å²) in [5.74, 6) is -0.742. The molecule has 1 aromatic heterocycles. The van der Waals surface area contributed by atoms with Crippen LogP contribution in [0.5, 0.6) is 0 Å². The maximum Gasteiger partial charge on any atom is 0.284 e. The molecule has 0 aliphatic heterocycles. The van der Waals surface area contributed by atoms with Gasteiger partial charge in [0.25, 0.3) is 5.91 Å². The molecule has 1 amide bonds. The van der Waals surface area contributed by atoms with Crippen LogP contribution >= 0.6 is 22.9 Å². The topological polar surface area (TPSA) is 79.4 Å². The van der Waals surface area contributed by atoms with Crippen molar-refractivity contribution in [2.24, 2.45) is 0 Å². The number of carbonyl (C=O) groups is 1.